The standard InChI is InChI=1S/C20H21N3O5S/c24-20(16-3-6-19-18(13-16)22-14-28-19)21-8-7-15-1-4-17(5-2-15)29(25,26)23-9-11-27-12-10-23/h1-6,13-14H,7-12H2,(H,21,24). The molecule has 1 aromatic heterocycles. The largest absolute Gasteiger partial charge is 0.443 e. The van der Waals surface area contributed by atoms with Crippen LogP contribution in [0.4, 0.5) is 0 Å². The van der Waals surface area contributed by atoms with Gasteiger partial charge in [-0.2, -0.15) is 4.31 Å². The van der Waals surface area contributed by atoms with Gasteiger partial charge in [-0.25, -0.2) is 13.4 Å². The van der Waals surface area contributed by atoms with E-state index in [9.17, 15) is 13.2 Å². The molecule has 3 aromatic rings. The van der Waals surface area contributed by atoms with Crippen molar-refractivity contribution in [3.8, 4) is 0 Å². The lowest BCUT2D eigenvalue weighted by molar-refractivity contribution is 0.0730. The number of rotatable bonds is 6. The molecule has 0 atom stereocenters. The highest BCUT2D eigenvalue weighted by molar-refractivity contribution is 7.89. The number of benzene rings is 2. The highest BCUT2D eigenvalue weighted by atomic mass is 32.2. The summed E-state index contributed by atoms with van der Waals surface area (Å²) in [5.74, 6) is -0.193. The molecule has 29 heavy (non-hydrogen) atoms. The lowest BCUT2D eigenvalue weighted by Gasteiger charge is -2.26. The molecule has 1 aliphatic rings. The number of morpholine rings is 1. The van der Waals surface area contributed by atoms with Gasteiger partial charge in [0.2, 0.25) is 10.0 Å². The summed E-state index contributed by atoms with van der Waals surface area (Å²) in [6.45, 7) is 2.01. The molecule has 4 rings (SSSR count). The van der Waals surface area contributed by atoms with Crippen LogP contribution in [0.3, 0.4) is 0 Å². The summed E-state index contributed by atoms with van der Waals surface area (Å²) < 4.78 is 37.1. The molecule has 0 bridgehead atoms. The summed E-state index contributed by atoms with van der Waals surface area (Å²) in [6.07, 6.45) is 1.94. The van der Waals surface area contributed by atoms with E-state index in [4.69, 9.17) is 9.15 Å². The summed E-state index contributed by atoms with van der Waals surface area (Å²) in [5, 5.41) is 2.86. The third-order valence-electron chi connectivity index (χ3n) is 4.82. The topological polar surface area (TPSA) is 102 Å². The summed E-state index contributed by atoms with van der Waals surface area (Å²) in [5.41, 5.74) is 2.72. The highest BCUT2D eigenvalue weighted by Gasteiger charge is 2.26. The fourth-order valence-corrected chi connectivity index (χ4v) is 4.59. The van der Waals surface area contributed by atoms with Crippen LogP contribution in [0.5, 0.6) is 0 Å². The van der Waals surface area contributed by atoms with Crippen LogP contribution in [0.15, 0.2) is 58.2 Å². The second-order valence-corrected chi connectivity index (χ2v) is 8.64. The minimum absolute atomic E-state index is 0.193. The van der Waals surface area contributed by atoms with E-state index < -0.39 is 10.0 Å². The van der Waals surface area contributed by atoms with Gasteiger partial charge >= 0.3 is 0 Å². The van der Waals surface area contributed by atoms with E-state index in [1.54, 1.807) is 42.5 Å². The van der Waals surface area contributed by atoms with E-state index in [1.807, 2.05) is 0 Å². The first-order valence-corrected chi connectivity index (χ1v) is 10.8. The molecular formula is C20H21N3O5S. The molecule has 8 nitrogen and oxygen atoms in total. The average molecular weight is 415 g/mol. The molecule has 0 spiro atoms. The zero-order valence-electron chi connectivity index (χ0n) is 15.7. The number of nitrogens with one attached hydrogen (secondary N) is 1. The number of sulfonamides is 1. The van der Waals surface area contributed by atoms with Gasteiger partial charge in [-0.15, -0.1) is 0 Å². The van der Waals surface area contributed by atoms with Crippen LogP contribution in [0.25, 0.3) is 11.1 Å². The number of fused-ring (bicyclic) bond motifs is 1. The van der Waals surface area contributed by atoms with Gasteiger partial charge in [0.25, 0.3) is 5.91 Å². The summed E-state index contributed by atoms with van der Waals surface area (Å²) in [7, 11) is -3.49. The number of carbonyl (C=O) groups excluding carboxylic acids is 1. The number of amides is 1. The van der Waals surface area contributed by atoms with Crippen molar-refractivity contribution in [3.63, 3.8) is 0 Å². The molecule has 1 saturated heterocycles. The average Bonchev–Trinajstić information content (AvgIpc) is 3.22. The van der Waals surface area contributed by atoms with Crippen LogP contribution in [-0.4, -0.2) is 56.5 Å². The Bertz CT molecular complexity index is 1100. The van der Waals surface area contributed by atoms with Gasteiger partial charge in [-0.1, -0.05) is 12.1 Å². The van der Waals surface area contributed by atoms with Crippen LogP contribution >= 0.6 is 0 Å². The second kappa shape index (κ2) is 8.32. The van der Waals surface area contributed by atoms with Gasteiger partial charge in [-0.3, -0.25) is 4.79 Å². The van der Waals surface area contributed by atoms with Crippen LogP contribution in [-0.2, 0) is 21.2 Å². The first-order valence-electron chi connectivity index (χ1n) is 9.32. The number of nitrogens with zero attached hydrogens (tertiary/aromatic N) is 2. The van der Waals surface area contributed by atoms with Crippen molar-refractivity contribution < 1.29 is 22.4 Å². The van der Waals surface area contributed by atoms with Crippen molar-refractivity contribution in [3.05, 3.63) is 60.0 Å². The Balaban J connectivity index is 1.33. The molecule has 1 N–H and O–H groups in total. The molecule has 0 saturated carbocycles. The second-order valence-electron chi connectivity index (χ2n) is 6.70. The van der Waals surface area contributed by atoms with E-state index in [2.05, 4.69) is 10.3 Å². The molecule has 0 unspecified atom stereocenters. The number of hydrogen-bond donors (Lipinski definition) is 1. The molecule has 2 heterocycles. The lowest BCUT2D eigenvalue weighted by atomic mass is 10.1. The van der Waals surface area contributed by atoms with Gasteiger partial charge in [0.1, 0.15) is 5.52 Å². The monoisotopic (exact) mass is 415 g/mol. The Labute approximate surface area is 168 Å². The van der Waals surface area contributed by atoms with Crippen molar-refractivity contribution in [2.24, 2.45) is 0 Å². The van der Waals surface area contributed by atoms with Crippen LogP contribution in [0, 0.1) is 0 Å². The first-order chi connectivity index (χ1) is 14.0. The quantitative estimate of drug-likeness (QED) is 0.659. The van der Waals surface area contributed by atoms with Crippen molar-refractivity contribution >= 4 is 27.0 Å². The van der Waals surface area contributed by atoms with Crippen molar-refractivity contribution in [1.29, 1.82) is 0 Å². The van der Waals surface area contributed by atoms with E-state index >= 15 is 0 Å². The fraction of sp³-hybridized carbons (Fsp3) is 0.300. The smallest absolute Gasteiger partial charge is 0.251 e. The summed E-state index contributed by atoms with van der Waals surface area (Å²) in [4.78, 5) is 16.6. The van der Waals surface area contributed by atoms with E-state index in [0.29, 0.717) is 55.9 Å². The molecule has 0 radical (unpaired) electrons. The Hall–Kier alpha value is -2.75. The number of aromatic nitrogens is 1. The SMILES string of the molecule is O=C(NCCc1ccc(S(=O)(=O)N2CCOCC2)cc1)c1ccc2ocnc2c1. The number of oxazole rings is 1. The van der Waals surface area contributed by atoms with Gasteiger partial charge in [-0.05, 0) is 42.3 Å². The predicted octanol–water partition coefficient (Wildman–Crippen LogP) is 1.82. The molecule has 9 heteroatoms. The molecule has 1 fully saturated rings. The third kappa shape index (κ3) is 4.31. The third-order valence-corrected chi connectivity index (χ3v) is 6.74. The van der Waals surface area contributed by atoms with E-state index in [0.717, 1.165) is 5.56 Å². The molecular weight excluding hydrogens is 394 g/mol. The van der Waals surface area contributed by atoms with Crippen molar-refractivity contribution in [2.45, 2.75) is 11.3 Å². The van der Waals surface area contributed by atoms with Gasteiger partial charge in [0.15, 0.2) is 12.0 Å². The normalized spacial score (nSPS) is 15.4. The maximum absolute atomic E-state index is 12.6. The fourth-order valence-electron chi connectivity index (χ4n) is 3.19. The zero-order chi connectivity index (χ0) is 20.3. The lowest BCUT2D eigenvalue weighted by Crippen LogP contribution is -2.40. The molecule has 1 aliphatic heterocycles. The highest BCUT2D eigenvalue weighted by Crippen LogP contribution is 2.18. The molecule has 152 valence electrons. The number of ether oxygens (including phenoxy) is 1. The van der Waals surface area contributed by atoms with Crippen molar-refractivity contribution in [2.75, 3.05) is 32.8 Å². The van der Waals surface area contributed by atoms with Crippen molar-refractivity contribution in [1.82, 2.24) is 14.6 Å². The maximum Gasteiger partial charge on any atom is 0.251 e. The molecule has 1 amide bonds. The molecule has 2 aromatic carbocycles. The maximum atomic E-state index is 12.6. The Morgan fingerprint density at radius 2 is 1.86 bits per heavy atom. The van der Waals surface area contributed by atoms with Gasteiger partial charge in [0.05, 0.1) is 18.1 Å². The van der Waals surface area contributed by atoms with Gasteiger partial charge < -0.3 is 14.5 Å². The Morgan fingerprint density at radius 3 is 2.62 bits per heavy atom. The van der Waals surface area contributed by atoms with E-state index in [-0.39, 0.29) is 10.8 Å². The van der Waals surface area contributed by atoms with Crippen LogP contribution < -0.4 is 5.32 Å². The molecule has 0 aliphatic carbocycles. The Kier molecular flexibility index (Phi) is 5.61. The first kappa shape index (κ1) is 19.6. The Morgan fingerprint density at radius 1 is 1.10 bits per heavy atom. The number of carbonyl (C=O) groups is 1. The predicted molar refractivity (Wildman–Crippen MR) is 106 cm³/mol. The van der Waals surface area contributed by atoms with Crippen LogP contribution in [0.2, 0.25) is 0 Å². The van der Waals surface area contributed by atoms with E-state index in [1.165, 1.54) is 10.7 Å². The number of hydrogen-bond acceptors (Lipinski definition) is 6. The minimum atomic E-state index is -3.49. The van der Waals surface area contributed by atoms with Crippen LogP contribution in [0.1, 0.15) is 15.9 Å². The van der Waals surface area contributed by atoms with Gasteiger partial charge in [0, 0.05) is 25.2 Å². The summed E-state index contributed by atoms with van der Waals surface area (Å²) in [6, 6.07) is 11.9. The minimum Gasteiger partial charge on any atom is -0.443 e. The zero-order valence-corrected chi connectivity index (χ0v) is 16.5. The summed E-state index contributed by atoms with van der Waals surface area (Å²) >= 11 is 0.